The molecule has 0 aliphatic carbocycles. The molecule has 0 atom stereocenters. The van der Waals surface area contributed by atoms with E-state index in [-0.39, 0.29) is 5.91 Å². The maximum Gasteiger partial charge on any atom is 0.252 e. The first-order chi connectivity index (χ1) is 9.72. The summed E-state index contributed by atoms with van der Waals surface area (Å²) in [7, 11) is 0. The van der Waals surface area contributed by atoms with Crippen LogP contribution in [0.3, 0.4) is 0 Å². The second-order valence-corrected chi connectivity index (χ2v) is 7.11. The van der Waals surface area contributed by atoms with E-state index in [4.69, 9.17) is 9.47 Å². The minimum Gasteiger partial charge on any atom is -0.486 e. The van der Waals surface area contributed by atoms with Crippen molar-refractivity contribution in [3.63, 3.8) is 0 Å². The lowest BCUT2D eigenvalue weighted by atomic mass is 10.2. The first kappa shape index (κ1) is 13.7. The van der Waals surface area contributed by atoms with Gasteiger partial charge in [-0.25, -0.2) is 0 Å². The summed E-state index contributed by atoms with van der Waals surface area (Å²) in [5.74, 6) is 1.45. The number of amides is 1. The van der Waals surface area contributed by atoms with Gasteiger partial charge in [0.2, 0.25) is 0 Å². The molecule has 0 saturated carbocycles. The Bertz CT molecular complexity index is 641. The molecule has 1 N–H and O–H groups in total. The quantitative estimate of drug-likeness (QED) is 0.805. The molecule has 1 aliphatic rings. The monoisotopic (exact) mass is 401 g/mol. The summed E-state index contributed by atoms with van der Waals surface area (Å²) in [5, 5.41) is 4.77. The van der Waals surface area contributed by atoms with E-state index in [9.17, 15) is 4.79 Å². The third-order valence-corrected chi connectivity index (χ3v) is 4.68. The van der Waals surface area contributed by atoms with Crippen LogP contribution in [0.4, 0.5) is 0 Å². The number of rotatable bonds is 3. The molecule has 1 aromatic heterocycles. The Morgan fingerprint density at radius 1 is 1.25 bits per heavy atom. The minimum atomic E-state index is -0.0564. The van der Waals surface area contributed by atoms with E-state index in [1.807, 2.05) is 29.6 Å². The Labute approximate surface area is 134 Å². The molecule has 0 bridgehead atoms. The molecule has 0 spiro atoms. The second-order valence-electron chi connectivity index (χ2n) is 4.30. The highest BCUT2D eigenvalue weighted by molar-refractivity contribution is 14.1. The highest BCUT2D eigenvalue weighted by Crippen LogP contribution is 2.30. The highest BCUT2D eigenvalue weighted by Gasteiger charge is 2.12. The van der Waals surface area contributed by atoms with Gasteiger partial charge in [0.15, 0.2) is 11.5 Å². The molecule has 0 saturated heterocycles. The van der Waals surface area contributed by atoms with Crippen molar-refractivity contribution >= 4 is 39.8 Å². The van der Waals surface area contributed by atoms with Crippen molar-refractivity contribution in [3.8, 4) is 11.5 Å². The largest absolute Gasteiger partial charge is 0.486 e. The molecule has 6 heteroatoms. The fourth-order valence-corrected chi connectivity index (χ4v) is 3.24. The molecule has 2 heterocycles. The molecule has 0 radical (unpaired) electrons. The van der Waals surface area contributed by atoms with E-state index in [1.54, 1.807) is 11.3 Å². The predicted octanol–water partition coefficient (Wildman–Crippen LogP) is 3.05. The zero-order valence-corrected chi connectivity index (χ0v) is 13.5. The highest BCUT2D eigenvalue weighted by atomic mass is 127. The van der Waals surface area contributed by atoms with Gasteiger partial charge < -0.3 is 14.8 Å². The lowest BCUT2D eigenvalue weighted by Crippen LogP contribution is -2.22. The van der Waals surface area contributed by atoms with Crippen LogP contribution in [0.15, 0.2) is 29.6 Å². The number of fused-ring (bicyclic) bond motifs is 1. The molecule has 20 heavy (non-hydrogen) atoms. The zero-order valence-electron chi connectivity index (χ0n) is 10.5. The predicted molar refractivity (Wildman–Crippen MR) is 85.6 cm³/mol. The number of nitrogens with one attached hydrogen (secondary N) is 1. The lowest BCUT2D eigenvalue weighted by molar-refractivity contribution is 0.0951. The van der Waals surface area contributed by atoms with Crippen LogP contribution in [0.1, 0.15) is 15.9 Å². The summed E-state index contributed by atoms with van der Waals surface area (Å²) in [6, 6.07) is 7.60. The van der Waals surface area contributed by atoms with Gasteiger partial charge in [0.1, 0.15) is 13.2 Å². The summed E-state index contributed by atoms with van der Waals surface area (Å²) in [6.45, 7) is 1.62. The zero-order chi connectivity index (χ0) is 13.9. The van der Waals surface area contributed by atoms with Crippen molar-refractivity contribution < 1.29 is 14.3 Å². The maximum absolute atomic E-state index is 12.0. The van der Waals surface area contributed by atoms with E-state index >= 15 is 0 Å². The Balaban J connectivity index is 1.65. The molecular formula is C14H12INO3S. The molecular weight excluding hydrogens is 389 g/mol. The first-order valence-electron chi connectivity index (χ1n) is 6.13. The number of hydrogen-bond acceptors (Lipinski definition) is 4. The number of hydrogen-bond donors (Lipinski definition) is 1. The lowest BCUT2D eigenvalue weighted by Gasteiger charge is -2.18. The van der Waals surface area contributed by atoms with Gasteiger partial charge >= 0.3 is 0 Å². The Morgan fingerprint density at radius 2 is 2.05 bits per heavy atom. The van der Waals surface area contributed by atoms with Gasteiger partial charge in [-0.3, -0.25) is 4.79 Å². The van der Waals surface area contributed by atoms with E-state index in [0.717, 1.165) is 19.9 Å². The average molecular weight is 401 g/mol. The Kier molecular flexibility index (Phi) is 4.11. The van der Waals surface area contributed by atoms with Crippen LogP contribution in [-0.4, -0.2) is 19.1 Å². The van der Waals surface area contributed by atoms with Gasteiger partial charge in [-0.1, -0.05) is 6.07 Å². The van der Waals surface area contributed by atoms with Crippen molar-refractivity contribution in [3.05, 3.63) is 43.7 Å². The van der Waals surface area contributed by atoms with Crippen molar-refractivity contribution in [2.24, 2.45) is 0 Å². The van der Waals surface area contributed by atoms with E-state index in [0.29, 0.717) is 25.3 Å². The normalized spacial score (nSPS) is 13.1. The smallest absolute Gasteiger partial charge is 0.252 e. The molecule has 0 unspecified atom stereocenters. The van der Waals surface area contributed by atoms with Gasteiger partial charge in [0, 0.05) is 11.9 Å². The van der Waals surface area contributed by atoms with E-state index in [2.05, 4.69) is 27.9 Å². The summed E-state index contributed by atoms with van der Waals surface area (Å²) >= 11 is 3.77. The van der Waals surface area contributed by atoms with Crippen LogP contribution in [0.25, 0.3) is 0 Å². The average Bonchev–Trinajstić information content (AvgIpc) is 2.91. The van der Waals surface area contributed by atoms with Crippen molar-refractivity contribution in [1.29, 1.82) is 0 Å². The molecule has 1 aromatic carbocycles. The number of thiophene rings is 1. The van der Waals surface area contributed by atoms with E-state index in [1.165, 1.54) is 0 Å². The molecule has 0 fully saturated rings. The van der Waals surface area contributed by atoms with Crippen LogP contribution in [0.5, 0.6) is 11.5 Å². The topological polar surface area (TPSA) is 47.6 Å². The molecule has 104 valence electrons. The van der Waals surface area contributed by atoms with Gasteiger partial charge in [0.05, 0.1) is 8.45 Å². The third-order valence-electron chi connectivity index (χ3n) is 2.89. The number of carbonyl (C=O) groups excluding carboxylic acids is 1. The SMILES string of the molecule is O=C(NCc1ccc2c(c1)OCCO2)c1csc(I)c1. The first-order valence-corrected chi connectivity index (χ1v) is 8.09. The van der Waals surface area contributed by atoms with Crippen LogP contribution in [-0.2, 0) is 6.54 Å². The number of ether oxygens (including phenoxy) is 2. The van der Waals surface area contributed by atoms with Crippen molar-refractivity contribution in [2.45, 2.75) is 6.54 Å². The molecule has 4 nitrogen and oxygen atoms in total. The fraction of sp³-hybridized carbons (Fsp3) is 0.214. The van der Waals surface area contributed by atoms with Crippen LogP contribution >= 0.6 is 33.9 Å². The summed E-state index contributed by atoms with van der Waals surface area (Å²) in [4.78, 5) is 12.0. The van der Waals surface area contributed by atoms with Crippen LogP contribution < -0.4 is 14.8 Å². The maximum atomic E-state index is 12.0. The molecule has 3 rings (SSSR count). The van der Waals surface area contributed by atoms with Gasteiger partial charge in [0.25, 0.3) is 5.91 Å². The fourth-order valence-electron chi connectivity index (χ4n) is 1.91. The van der Waals surface area contributed by atoms with E-state index < -0.39 is 0 Å². The number of benzene rings is 1. The summed E-state index contributed by atoms with van der Waals surface area (Å²) < 4.78 is 12.1. The summed E-state index contributed by atoms with van der Waals surface area (Å²) in [6.07, 6.45) is 0. The van der Waals surface area contributed by atoms with Crippen molar-refractivity contribution in [2.75, 3.05) is 13.2 Å². The second kappa shape index (κ2) is 6.01. The van der Waals surface area contributed by atoms with Crippen LogP contribution in [0, 0.1) is 2.88 Å². The molecule has 2 aromatic rings. The third kappa shape index (κ3) is 3.06. The van der Waals surface area contributed by atoms with Gasteiger partial charge in [-0.15, -0.1) is 11.3 Å². The Hall–Kier alpha value is -1.28. The molecule has 1 aliphatic heterocycles. The van der Waals surface area contributed by atoms with Gasteiger partial charge in [-0.2, -0.15) is 0 Å². The number of carbonyl (C=O) groups is 1. The number of halogens is 1. The van der Waals surface area contributed by atoms with Crippen LogP contribution in [0.2, 0.25) is 0 Å². The molecule has 1 amide bonds. The minimum absolute atomic E-state index is 0.0564. The summed E-state index contributed by atoms with van der Waals surface area (Å²) in [5.41, 5.74) is 1.70. The standard InChI is InChI=1S/C14H12INO3S/c15-13-6-10(8-20-13)14(17)16-7-9-1-2-11-12(5-9)19-4-3-18-11/h1-2,5-6,8H,3-4,7H2,(H,16,17). The Morgan fingerprint density at radius 3 is 2.80 bits per heavy atom. The van der Waals surface area contributed by atoms with Gasteiger partial charge in [-0.05, 0) is 46.4 Å². The van der Waals surface area contributed by atoms with Crippen molar-refractivity contribution in [1.82, 2.24) is 5.32 Å².